The predicted octanol–water partition coefficient (Wildman–Crippen LogP) is 13.8. The van der Waals surface area contributed by atoms with Gasteiger partial charge in [-0.3, -0.25) is 0 Å². The molecule has 0 aromatic heterocycles. The summed E-state index contributed by atoms with van der Waals surface area (Å²) in [5.41, 5.74) is 8.84. The Morgan fingerprint density at radius 1 is 0.380 bits per heavy atom. The minimum atomic E-state index is -0.0953. The van der Waals surface area contributed by atoms with E-state index < -0.39 is 0 Å². The molecular weight excluding hydrogens is 603 g/mol. The van der Waals surface area contributed by atoms with Crippen LogP contribution in [0.15, 0.2) is 164 Å². The van der Waals surface area contributed by atoms with Crippen molar-refractivity contribution in [2.45, 2.75) is 19.3 Å². The molecule has 1 aliphatic rings. The van der Waals surface area contributed by atoms with Crippen molar-refractivity contribution in [3.05, 3.63) is 175 Å². The SMILES string of the molecule is CC1(C)c2ccccc2-c2c(N(c3ccccc3)c3cc4cccc5c6cccc7ccc8cccc(c9cccc3c9c45)c8c76)cccc21. The van der Waals surface area contributed by atoms with Crippen molar-refractivity contribution >= 4 is 81.7 Å². The van der Waals surface area contributed by atoms with E-state index in [1.165, 1.54) is 98.3 Å². The standard InChI is InChI=1S/C49H33N/c1-49(2)40-24-7-6-18-38(40)48-41(49)25-12-26-42(48)50(33-16-4-3-5-17-33)43-29-32-15-10-21-35-34-19-8-13-30-27-28-31-14-9-20-36(45(31)44(30)34)37-22-11-23-39(43)47(37)46(32)35/h3-29H,1-2H3. The predicted molar refractivity (Wildman–Crippen MR) is 215 cm³/mol. The molecule has 0 saturated carbocycles. The molecule has 0 fully saturated rings. The number of fused-ring (bicyclic) bond motifs is 5. The lowest BCUT2D eigenvalue weighted by Crippen LogP contribution is -2.16. The molecule has 10 aromatic carbocycles. The Morgan fingerprint density at radius 2 is 0.900 bits per heavy atom. The first kappa shape index (κ1) is 27.7. The molecule has 0 atom stereocenters. The number of hydrogen-bond donors (Lipinski definition) is 0. The summed E-state index contributed by atoms with van der Waals surface area (Å²) in [4.78, 5) is 2.52. The van der Waals surface area contributed by atoms with Gasteiger partial charge in [0.15, 0.2) is 0 Å². The Hall–Kier alpha value is -6.18. The second-order valence-electron chi connectivity index (χ2n) is 14.4. The van der Waals surface area contributed by atoms with E-state index in [0.29, 0.717) is 0 Å². The van der Waals surface area contributed by atoms with Gasteiger partial charge in [0.1, 0.15) is 0 Å². The zero-order valence-electron chi connectivity index (χ0n) is 28.0. The van der Waals surface area contributed by atoms with Crippen molar-refractivity contribution in [1.82, 2.24) is 0 Å². The third-order valence-electron chi connectivity index (χ3n) is 11.5. The van der Waals surface area contributed by atoms with Gasteiger partial charge in [-0.25, -0.2) is 0 Å². The summed E-state index contributed by atoms with van der Waals surface area (Å²) in [6.45, 7) is 4.73. The van der Waals surface area contributed by atoms with Crippen LogP contribution in [0.25, 0.3) is 75.8 Å². The summed E-state index contributed by atoms with van der Waals surface area (Å²) >= 11 is 0. The fourth-order valence-electron chi connectivity index (χ4n) is 9.37. The van der Waals surface area contributed by atoms with Gasteiger partial charge in [0.25, 0.3) is 0 Å². The van der Waals surface area contributed by atoms with E-state index >= 15 is 0 Å². The Labute approximate surface area is 291 Å². The highest BCUT2D eigenvalue weighted by molar-refractivity contribution is 6.38. The molecule has 50 heavy (non-hydrogen) atoms. The van der Waals surface area contributed by atoms with E-state index in [-0.39, 0.29) is 5.41 Å². The van der Waals surface area contributed by atoms with Gasteiger partial charge in [0, 0.05) is 27.4 Å². The maximum atomic E-state index is 2.52. The van der Waals surface area contributed by atoms with Gasteiger partial charge in [-0.05, 0) is 94.8 Å². The summed E-state index contributed by atoms with van der Waals surface area (Å²) in [5.74, 6) is 0. The molecule has 0 amide bonds. The fourth-order valence-corrected chi connectivity index (χ4v) is 9.37. The van der Waals surface area contributed by atoms with Crippen molar-refractivity contribution in [1.29, 1.82) is 0 Å². The van der Waals surface area contributed by atoms with E-state index in [0.717, 1.165) is 5.69 Å². The number of benzene rings is 9. The van der Waals surface area contributed by atoms with E-state index in [1.54, 1.807) is 0 Å². The van der Waals surface area contributed by atoms with E-state index in [2.05, 4.69) is 183 Å². The zero-order chi connectivity index (χ0) is 33.1. The topological polar surface area (TPSA) is 3.24 Å². The first-order valence-electron chi connectivity index (χ1n) is 17.6. The van der Waals surface area contributed by atoms with Gasteiger partial charge in [-0.15, -0.1) is 0 Å². The van der Waals surface area contributed by atoms with Crippen LogP contribution in [0.2, 0.25) is 0 Å². The maximum Gasteiger partial charge on any atom is 0.0546 e. The van der Waals surface area contributed by atoms with Crippen LogP contribution in [-0.2, 0) is 5.41 Å². The molecule has 1 heteroatoms. The molecule has 10 aromatic rings. The van der Waals surface area contributed by atoms with Crippen molar-refractivity contribution in [2.24, 2.45) is 0 Å². The molecule has 234 valence electrons. The van der Waals surface area contributed by atoms with Crippen molar-refractivity contribution in [3.8, 4) is 11.1 Å². The number of hydrogen-bond acceptors (Lipinski definition) is 1. The quantitative estimate of drug-likeness (QED) is 0.175. The van der Waals surface area contributed by atoms with E-state index in [4.69, 9.17) is 0 Å². The Bertz CT molecular complexity index is 3000. The van der Waals surface area contributed by atoms with Crippen LogP contribution in [0.4, 0.5) is 17.1 Å². The number of anilines is 3. The molecule has 0 N–H and O–H groups in total. The molecule has 0 spiro atoms. The maximum absolute atomic E-state index is 2.52. The van der Waals surface area contributed by atoms with Crippen LogP contribution >= 0.6 is 0 Å². The van der Waals surface area contributed by atoms with Crippen molar-refractivity contribution in [2.75, 3.05) is 4.90 Å². The van der Waals surface area contributed by atoms with Gasteiger partial charge in [-0.1, -0.05) is 153 Å². The van der Waals surface area contributed by atoms with E-state index in [9.17, 15) is 0 Å². The Balaban J connectivity index is 1.35. The normalized spacial score (nSPS) is 13.6. The lowest BCUT2D eigenvalue weighted by atomic mass is 9.82. The molecule has 0 saturated heterocycles. The molecule has 0 heterocycles. The fraction of sp³-hybridized carbons (Fsp3) is 0.0612. The third-order valence-corrected chi connectivity index (χ3v) is 11.5. The van der Waals surface area contributed by atoms with E-state index in [1.807, 2.05) is 0 Å². The summed E-state index contributed by atoms with van der Waals surface area (Å²) < 4.78 is 0. The number of rotatable bonds is 3. The van der Waals surface area contributed by atoms with Crippen molar-refractivity contribution < 1.29 is 0 Å². The molecule has 0 radical (unpaired) electrons. The Morgan fingerprint density at radius 3 is 1.60 bits per heavy atom. The van der Waals surface area contributed by atoms with Crippen LogP contribution < -0.4 is 4.90 Å². The second kappa shape index (κ2) is 9.94. The first-order valence-corrected chi connectivity index (χ1v) is 17.6. The monoisotopic (exact) mass is 635 g/mol. The zero-order valence-corrected chi connectivity index (χ0v) is 28.0. The van der Waals surface area contributed by atoms with Gasteiger partial charge >= 0.3 is 0 Å². The molecule has 11 rings (SSSR count). The smallest absolute Gasteiger partial charge is 0.0546 e. The lowest BCUT2D eigenvalue weighted by Gasteiger charge is -2.30. The van der Waals surface area contributed by atoms with Gasteiger partial charge in [0.2, 0.25) is 0 Å². The minimum Gasteiger partial charge on any atom is -0.309 e. The molecule has 0 aliphatic heterocycles. The molecule has 1 aliphatic carbocycles. The highest BCUT2D eigenvalue weighted by Gasteiger charge is 2.38. The second-order valence-corrected chi connectivity index (χ2v) is 14.4. The largest absolute Gasteiger partial charge is 0.309 e. The Kier molecular flexibility index (Phi) is 5.51. The average molecular weight is 636 g/mol. The summed E-state index contributed by atoms with van der Waals surface area (Å²) in [5, 5.41) is 15.5. The minimum absolute atomic E-state index is 0.0953. The third kappa shape index (κ3) is 3.56. The summed E-state index contributed by atoms with van der Waals surface area (Å²) in [6, 6.07) is 61.3. The van der Waals surface area contributed by atoms with Crippen LogP contribution in [0.3, 0.4) is 0 Å². The highest BCUT2D eigenvalue weighted by Crippen LogP contribution is 2.55. The molecule has 1 nitrogen and oxygen atoms in total. The number of para-hydroxylation sites is 1. The van der Waals surface area contributed by atoms with Gasteiger partial charge in [-0.2, -0.15) is 0 Å². The highest BCUT2D eigenvalue weighted by atomic mass is 15.1. The van der Waals surface area contributed by atoms with Gasteiger partial charge in [0.05, 0.1) is 11.4 Å². The van der Waals surface area contributed by atoms with Gasteiger partial charge < -0.3 is 4.90 Å². The lowest BCUT2D eigenvalue weighted by molar-refractivity contribution is 0.660. The van der Waals surface area contributed by atoms with Crippen LogP contribution in [0.5, 0.6) is 0 Å². The summed E-state index contributed by atoms with van der Waals surface area (Å²) in [7, 11) is 0. The van der Waals surface area contributed by atoms with Crippen LogP contribution in [-0.4, -0.2) is 0 Å². The number of nitrogens with zero attached hydrogens (tertiary/aromatic N) is 1. The molecule has 0 unspecified atom stereocenters. The first-order chi connectivity index (χ1) is 24.6. The van der Waals surface area contributed by atoms with Crippen LogP contribution in [0, 0.1) is 0 Å². The molecular formula is C49H33N. The summed E-state index contributed by atoms with van der Waals surface area (Å²) in [6.07, 6.45) is 0. The van der Waals surface area contributed by atoms with Crippen LogP contribution in [0.1, 0.15) is 25.0 Å². The molecule has 0 bridgehead atoms. The average Bonchev–Trinajstić information content (AvgIpc) is 3.40. The van der Waals surface area contributed by atoms with Crippen molar-refractivity contribution in [3.63, 3.8) is 0 Å².